The maximum absolute atomic E-state index is 12.7. The molecule has 0 aromatic carbocycles. The fourth-order valence-corrected chi connectivity index (χ4v) is 8.37. The molecular formula is C27H34O8. The van der Waals surface area contributed by atoms with Crippen molar-refractivity contribution < 1.29 is 38.4 Å². The molecule has 0 spiro atoms. The molecule has 35 heavy (non-hydrogen) atoms. The Kier molecular flexibility index (Phi) is 4.63. The molecule has 3 saturated heterocycles. The summed E-state index contributed by atoms with van der Waals surface area (Å²) >= 11 is 0. The van der Waals surface area contributed by atoms with Crippen LogP contribution in [0, 0.1) is 35.0 Å². The second-order valence-corrected chi connectivity index (χ2v) is 12.4. The van der Waals surface area contributed by atoms with Gasteiger partial charge < -0.3 is 24.1 Å². The smallest absolute Gasteiger partial charge is 0.339 e. The quantitative estimate of drug-likeness (QED) is 0.468. The van der Waals surface area contributed by atoms with Crippen LogP contribution in [-0.4, -0.2) is 46.1 Å². The molecule has 0 bridgehead atoms. The summed E-state index contributed by atoms with van der Waals surface area (Å²) in [4.78, 5) is 37.2. The van der Waals surface area contributed by atoms with Gasteiger partial charge in [-0.2, -0.15) is 0 Å². The van der Waals surface area contributed by atoms with Crippen LogP contribution in [0.3, 0.4) is 0 Å². The molecule has 9 unspecified atom stereocenters. The summed E-state index contributed by atoms with van der Waals surface area (Å²) in [7, 11) is 0. The van der Waals surface area contributed by atoms with Crippen molar-refractivity contribution in [2.24, 2.45) is 35.0 Å². The zero-order valence-electron chi connectivity index (χ0n) is 21.0. The highest BCUT2D eigenvalue weighted by atomic mass is 16.7. The second-order valence-electron chi connectivity index (χ2n) is 12.4. The van der Waals surface area contributed by atoms with Gasteiger partial charge in [0.2, 0.25) is 5.79 Å². The van der Waals surface area contributed by atoms with E-state index in [9.17, 15) is 19.5 Å². The molecule has 0 amide bonds. The Morgan fingerprint density at radius 3 is 2.46 bits per heavy atom. The molecule has 8 nitrogen and oxygen atoms in total. The third-order valence-electron chi connectivity index (χ3n) is 10.1. The number of carbonyl (C=O) groups excluding carboxylic acids is 3. The number of hydrogen-bond donors (Lipinski definition) is 1. The first kappa shape index (κ1) is 23.2. The van der Waals surface area contributed by atoms with E-state index in [1.165, 1.54) is 0 Å². The minimum Gasteiger partial charge on any atom is -0.459 e. The molecule has 0 radical (unpaired) electrons. The van der Waals surface area contributed by atoms with Crippen molar-refractivity contribution in [2.45, 2.75) is 89.8 Å². The van der Waals surface area contributed by atoms with Gasteiger partial charge in [0.1, 0.15) is 11.4 Å². The van der Waals surface area contributed by atoms with Gasteiger partial charge >= 0.3 is 17.9 Å². The normalized spacial score (nSPS) is 49.4. The average Bonchev–Trinajstić information content (AvgIpc) is 3.38. The van der Waals surface area contributed by atoms with Crippen LogP contribution in [0.2, 0.25) is 0 Å². The van der Waals surface area contributed by atoms with Gasteiger partial charge in [-0.3, -0.25) is 9.59 Å². The van der Waals surface area contributed by atoms with Gasteiger partial charge in [-0.15, -0.1) is 0 Å². The summed E-state index contributed by atoms with van der Waals surface area (Å²) in [5, 5.41) is 12.0. The second kappa shape index (κ2) is 6.97. The molecule has 2 aliphatic carbocycles. The minimum atomic E-state index is -1.20. The maximum Gasteiger partial charge on any atom is 0.339 e. The van der Waals surface area contributed by atoms with Crippen molar-refractivity contribution in [1.29, 1.82) is 0 Å². The summed E-state index contributed by atoms with van der Waals surface area (Å²) in [5.74, 6) is -2.61. The lowest BCUT2D eigenvalue weighted by Crippen LogP contribution is -2.50. The van der Waals surface area contributed by atoms with Gasteiger partial charge in [-0.25, -0.2) is 4.79 Å². The Morgan fingerprint density at radius 2 is 1.77 bits per heavy atom. The van der Waals surface area contributed by atoms with Crippen molar-refractivity contribution >= 4 is 17.9 Å². The molecule has 6 aliphatic rings. The predicted octanol–water partition coefficient (Wildman–Crippen LogP) is 3.18. The van der Waals surface area contributed by atoms with E-state index >= 15 is 0 Å². The predicted molar refractivity (Wildman–Crippen MR) is 121 cm³/mol. The van der Waals surface area contributed by atoms with Crippen LogP contribution in [0.25, 0.3) is 0 Å². The van der Waals surface area contributed by atoms with Crippen molar-refractivity contribution in [3.63, 3.8) is 0 Å². The lowest BCUT2D eigenvalue weighted by molar-refractivity contribution is -0.257. The van der Waals surface area contributed by atoms with Crippen molar-refractivity contribution in [1.82, 2.24) is 0 Å². The highest BCUT2D eigenvalue weighted by molar-refractivity contribution is 5.92. The van der Waals surface area contributed by atoms with E-state index < -0.39 is 22.4 Å². The Bertz CT molecular complexity index is 1090. The van der Waals surface area contributed by atoms with Crippen molar-refractivity contribution in [3.05, 3.63) is 23.5 Å². The number of carbonyl (C=O) groups is 3. The van der Waals surface area contributed by atoms with Crippen molar-refractivity contribution in [3.8, 4) is 0 Å². The standard InChI is InChI=1S/C27H34O8/c1-13-8-15(32-22(13)29)9-14(2)27-25(5,12-20(28)33-27)19-11-26(31)10-16-17(24(3,4)35-23(16)30)6-7-18(26)21(19)34-27/h8-9,14,16-19,21,31H,6-7,10-12H2,1-5H3. The van der Waals surface area contributed by atoms with Crippen LogP contribution < -0.4 is 0 Å². The Hall–Kier alpha value is -2.19. The molecular weight excluding hydrogens is 452 g/mol. The molecule has 1 N–H and O–H groups in total. The molecule has 0 aromatic heterocycles. The highest BCUT2D eigenvalue weighted by Crippen LogP contribution is 2.69. The molecule has 5 fully saturated rings. The van der Waals surface area contributed by atoms with Crippen molar-refractivity contribution in [2.75, 3.05) is 0 Å². The van der Waals surface area contributed by atoms with Gasteiger partial charge in [0.05, 0.1) is 24.0 Å². The maximum atomic E-state index is 12.7. The average molecular weight is 487 g/mol. The first-order valence-electron chi connectivity index (χ1n) is 12.8. The largest absolute Gasteiger partial charge is 0.459 e. The fourth-order valence-electron chi connectivity index (χ4n) is 8.37. The molecule has 4 aliphatic heterocycles. The lowest BCUT2D eigenvalue weighted by atomic mass is 9.66. The van der Waals surface area contributed by atoms with Crippen LogP contribution in [0.4, 0.5) is 0 Å². The zero-order chi connectivity index (χ0) is 25.1. The third-order valence-corrected chi connectivity index (χ3v) is 10.1. The summed E-state index contributed by atoms with van der Waals surface area (Å²) in [6, 6.07) is 0. The first-order valence-corrected chi connectivity index (χ1v) is 12.8. The number of rotatable bonds is 2. The van der Waals surface area contributed by atoms with E-state index in [1.54, 1.807) is 19.1 Å². The van der Waals surface area contributed by atoms with Gasteiger partial charge in [0, 0.05) is 34.7 Å². The van der Waals surface area contributed by atoms with Crippen LogP contribution in [0.1, 0.15) is 66.7 Å². The number of esters is 3. The molecule has 8 heteroatoms. The first-order chi connectivity index (χ1) is 16.3. The molecule has 2 saturated carbocycles. The minimum absolute atomic E-state index is 0.0575. The Morgan fingerprint density at radius 1 is 1.06 bits per heavy atom. The Labute approximate surface area is 205 Å². The molecule has 4 heterocycles. The summed E-state index contributed by atoms with van der Waals surface area (Å²) < 4.78 is 23.8. The number of cyclic esters (lactones) is 2. The van der Waals surface area contributed by atoms with Gasteiger partial charge in [0.15, 0.2) is 0 Å². The van der Waals surface area contributed by atoms with Gasteiger partial charge in [0.25, 0.3) is 0 Å². The summed E-state index contributed by atoms with van der Waals surface area (Å²) in [6.45, 7) is 9.54. The van der Waals surface area contributed by atoms with Crippen LogP contribution in [0.15, 0.2) is 23.5 Å². The van der Waals surface area contributed by atoms with Crippen LogP contribution in [0.5, 0.6) is 0 Å². The van der Waals surface area contributed by atoms with E-state index in [0.29, 0.717) is 30.6 Å². The number of ether oxygens (including phenoxy) is 4. The lowest BCUT2D eigenvalue weighted by Gasteiger charge is -2.41. The van der Waals surface area contributed by atoms with E-state index in [1.807, 2.05) is 27.7 Å². The molecule has 9 atom stereocenters. The summed E-state index contributed by atoms with van der Waals surface area (Å²) in [6.07, 6.45) is 5.68. The zero-order valence-corrected chi connectivity index (χ0v) is 21.0. The number of aliphatic hydroxyl groups is 1. The fraction of sp³-hybridized carbons (Fsp3) is 0.741. The molecule has 6 rings (SSSR count). The topological polar surface area (TPSA) is 108 Å². The highest BCUT2D eigenvalue weighted by Gasteiger charge is 2.77. The van der Waals surface area contributed by atoms with Gasteiger partial charge in [-0.1, -0.05) is 13.8 Å². The monoisotopic (exact) mass is 486 g/mol. The number of fused-ring (bicyclic) bond motifs is 6. The summed E-state index contributed by atoms with van der Waals surface area (Å²) in [5.41, 5.74) is -1.75. The number of hydrogen-bond acceptors (Lipinski definition) is 8. The van der Waals surface area contributed by atoms with Crippen LogP contribution in [-0.2, 0) is 33.3 Å². The molecule has 0 aromatic rings. The molecule has 190 valence electrons. The van der Waals surface area contributed by atoms with E-state index in [2.05, 4.69) is 0 Å². The SMILES string of the molecule is CC1=CC(=CC(C)C23OC(=O)CC2(C)C2CC4(O)CC5C(=O)OC(C)(C)C5CCC4C2O3)OC1=O. The van der Waals surface area contributed by atoms with E-state index in [4.69, 9.17) is 18.9 Å². The Balaban J connectivity index is 1.34. The van der Waals surface area contributed by atoms with Gasteiger partial charge in [-0.05, 0) is 58.6 Å². The van der Waals surface area contributed by atoms with E-state index in [0.717, 1.165) is 6.42 Å². The third kappa shape index (κ3) is 2.95. The van der Waals surface area contributed by atoms with Crippen LogP contribution >= 0.6 is 0 Å². The number of allylic oxidation sites excluding steroid dienone is 1. The van der Waals surface area contributed by atoms with E-state index in [-0.39, 0.29) is 60.0 Å².